The Hall–Kier alpha value is -2.20. The van der Waals surface area contributed by atoms with E-state index in [1.807, 2.05) is 4.90 Å². The summed E-state index contributed by atoms with van der Waals surface area (Å²) >= 11 is 1.67. The third-order valence-electron chi connectivity index (χ3n) is 5.00. The van der Waals surface area contributed by atoms with E-state index in [0.717, 1.165) is 32.5 Å². The predicted octanol–water partition coefficient (Wildman–Crippen LogP) is 4.71. The minimum Gasteiger partial charge on any atom is -0.342 e. The number of hydrogen-bond donors (Lipinski definition) is 0. The van der Waals surface area contributed by atoms with Crippen molar-refractivity contribution in [2.45, 2.75) is 31.2 Å². The molecule has 0 spiro atoms. The Morgan fingerprint density at radius 2 is 1.88 bits per heavy atom. The molecule has 3 aromatic rings. The molecular weight excluding hydrogens is 340 g/mol. The van der Waals surface area contributed by atoms with Gasteiger partial charge in [0.25, 0.3) is 0 Å². The van der Waals surface area contributed by atoms with Crippen LogP contribution in [0.2, 0.25) is 0 Å². The number of para-hydroxylation sites is 1. The lowest BCUT2D eigenvalue weighted by atomic mass is 10.1. The summed E-state index contributed by atoms with van der Waals surface area (Å²) in [7, 11) is 0. The van der Waals surface area contributed by atoms with Crippen LogP contribution in [0.15, 0.2) is 59.6 Å². The van der Waals surface area contributed by atoms with Gasteiger partial charge in [-0.3, -0.25) is 4.79 Å². The summed E-state index contributed by atoms with van der Waals surface area (Å²) in [4.78, 5) is 15.6. The maximum absolute atomic E-state index is 12.4. The highest BCUT2D eigenvalue weighted by molar-refractivity contribution is 8.00. The first kappa shape index (κ1) is 17.2. The molecule has 4 rings (SSSR count). The number of aromatic nitrogens is 1. The van der Waals surface area contributed by atoms with Gasteiger partial charge in [-0.25, -0.2) is 0 Å². The largest absolute Gasteiger partial charge is 0.342 e. The highest BCUT2D eigenvalue weighted by Crippen LogP contribution is 2.31. The van der Waals surface area contributed by atoms with Crippen molar-refractivity contribution in [2.75, 3.05) is 18.8 Å². The highest BCUT2D eigenvalue weighted by atomic mass is 32.2. The van der Waals surface area contributed by atoms with Gasteiger partial charge in [0.1, 0.15) is 0 Å². The van der Waals surface area contributed by atoms with Crippen molar-refractivity contribution in [3.8, 4) is 0 Å². The minimum absolute atomic E-state index is 0.267. The Labute approximate surface area is 159 Å². The van der Waals surface area contributed by atoms with Gasteiger partial charge in [0, 0.05) is 41.6 Å². The maximum atomic E-state index is 12.4. The van der Waals surface area contributed by atoms with E-state index in [2.05, 4.69) is 66.2 Å². The van der Waals surface area contributed by atoms with Crippen molar-refractivity contribution in [3.05, 3.63) is 65.9 Å². The van der Waals surface area contributed by atoms with Gasteiger partial charge in [-0.15, -0.1) is 11.8 Å². The SMILES string of the molecule is Cc1cccc(Cn2cc(SCC(=O)N3CCCC3)c3ccccc32)c1. The molecule has 4 heteroatoms. The highest BCUT2D eigenvalue weighted by Gasteiger charge is 2.18. The summed E-state index contributed by atoms with van der Waals surface area (Å²) in [5, 5.41) is 1.24. The van der Waals surface area contributed by atoms with Gasteiger partial charge in [-0.1, -0.05) is 48.0 Å². The fraction of sp³-hybridized carbons (Fsp3) is 0.318. The Morgan fingerprint density at radius 3 is 2.69 bits per heavy atom. The second-order valence-corrected chi connectivity index (χ2v) is 8.02. The van der Waals surface area contributed by atoms with Crippen LogP contribution in [-0.4, -0.2) is 34.2 Å². The summed E-state index contributed by atoms with van der Waals surface area (Å²) in [5.41, 5.74) is 3.81. The fourth-order valence-electron chi connectivity index (χ4n) is 3.66. The van der Waals surface area contributed by atoms with Crippen molar-refractivity contribution in [2.24, 2.45) is 0 Å². The molecule has 0 aliphatic carbocycles. The van der Waals surface area contributed by atoms with Crippen molar-refractivity contribution >= 4 is 28.6 Å². The van der Waals surface area contributed by atoms with Crippen molar-refractivity contribution < 1.29 is 4.79 Å². The first-order valence-electron chi connectivity index (χ1n) is 9.25. The van der Waals surface area contributed by atoms with E-state index in [4.69, 9.17) is 0 Å². The van der Waals surface area contributed by atoms with Crippen LogP contribution in [0.25, 0.3) is 10.9 Å². The lowest BCUT2D eigenvalue weighted by Gasteiger charge is -2.14. The van der Waals surface area contributed by atoms with Gasteiger partial charge in [0.2, 0.25) is 5.91 Å². The Balaban J connectivity index is 1.56. The number of carbonyl (C=O) groups excluding carboxylic acids is 1. The molecule has 0 unspecified atom stereocenters. The van der Waals surface area contributed by atoms with Crippen LogP contribution < -0.4 is 0 Å². The van der Waals surface area contributed by atoms with Crippen LogP contribution in [0.5, 0.6) is 0 Å². The molecule has 1 aliphatic rings. The molecule has 134 valence electrons. The van der Waals surface area contributed by atoms with Gasteiger partial charge in [0.05, 0.1) is 5.75 Å². The van der Waals surface area contributed by atoms with Crippen molar-refractivity contribution in [3.63, 3.8) is 0 Å². The van der Waals surface area contributed by atoms with E-state index < -0.39 is 0 Å². The predicted molar refractivity (Wildman–Crippen MR) is 109 cm³/mol. The van der Waals surface area contributed by atoms with Crippen LogP contribution in [0.1, 0.15) is 24.0 Å². The molecule has 1 fully saturated rings. The molecule has 26 heavy (non-hydrogen) atoms. The second-order valence-electron chi connectivity index (χ2n) is 7.00. The molecule has 0 N–H and O–H groups in total. The van der Waals surface area contributed by atoms with Gasteiger partial charge in [-0.2, -0.15) is 0 Å². The number of carbonyl (C=O) groups is 1. The first-order chi connectivity index (χ1) is 12.7. The fourth-order valence-corrected chi connectivity index (χ4v) is 4.65. The first-order valence-corrected chi connectivity index (χ1v) is 10.2. The maximum Gasteiger partial charge on any atom is 0.232 e. The molecule has 1 aromatic heterocycles. The van der Waals surface area contributed by atoms with Crippen molar-refractivity contribution in [1.82, 2.24) is 9.47 Å². The topological polar surface area (TPSA) is 25.2 Å². The summed E-state index contributed by atoms with van der Waals surface area (Å²) in [6.07, 6.45) is 4.49. The van der Waals surface area contributed by atoms with Gasteiger partial charge in [-0.05, 0) is 31.4 Å². The van der Waals surface area contributed by atoms with E-state index in [0.29, 0.717) is 5.75 Å². The number of fused-ring (bicyclic) bond motifs is 1. The van der Waals surface area contributed by atoms with Crippen LogP contribution in [0.4, 0.5) is 0 Å². The molecule has 1 saturated heterocycles. The summed E-state index contributed by atoms with van der Waals surface area (Å²) in [6, 6.07) is 17.1. The molecule has 0 atom stereocenters. The Morgan fingerprint density at radius 1 is 1.08 bits per heavy atom. The molecule has 0 saturated carbocycles. The van der Waals surface area contributed by atoms with Gasteiger partial charge in [0.15, 0.2) is 0 Å². The quantitative estimate of drug-likeness (QED) is 0.613. The van der Waals surface area contributed by atoms with E-state index in [1.165, 1.54) is 26.9 Å². The second kappa shape index (κ2) is 7.58. The molecule has 0 bridgehead atoms. The number of rotatable bonds is 5. The normalized spacial score (nSPS) is 14.3. The third-order valence-corrected chi connectivity index (χ3v) is 6.02. The van der Waals surface area contributed by atoms with E-state index in [9.17, 15) is 4.79 Å². The van der Waals surface area contributed by atoms with Gasteiger partial charge < -0.3 is 9.47 Å². The van der Waals surface area contributed by atoms with Crippen LogP contribution in [0, 0.1) is 6.92 Å². The third kappa shape index (κ3) is 3.65. The van der Waals surface area contributed by atoms with Crippen LogP contribution >= 0.6 is 11.8 Å². The molecule has 3 nitrogen and oxygen atoms in total. The average molecular weight is 365 g/mol. The number of nitrogens with zero attached hydrogens (tertiary/aromatic N) is 2. The number of likely N-dealkylation sites (tertiary alicyclic amines) is 1. The monoisotopic (exact) mass is 364 g/mol. The summed E-state index contributed by atoms with van der Waals surface area (Å²) in [6.45, 7) is 4.83. The van der Waals surface area contributed by atoms with Crippen molar-refractivity contribution in [1.29, 1.82) is 0 Å². The standard InChI is InChI=1S/C22H24N2OS/c1-17-7-6-8-18(13-17)14-24-15-21(19-9-2-3-10-20(19)24)26-16-22(25)23-11-4-5-12-23/h2-3,6-10,13,15H,4-5,11-12,14,16H2,1H3. The lowest BCUT2D eigenvalue weighted by molar-refractivity contribution is -0.127. The smallest absolute Gasteiger partial charge is 0.232 e. The molecular formula is C22H24N2OS. The lowest BCUT2D eigenvalue weighted by Crippen LogP contribution is -2.29. The Bertz CT molecular complexity index is 925. The van der Waals surface area contributed by atoms with Crippen LogP contribution in [-0.2, 0) is 11.3 Å². The minimum atomic E-state index is 0.267. The number of amides is 1. The van der Waals surface area contributed by atoms with E-state index in [1.54, 1.807) is 11.8 Å². The number of benzene rings is 2. The summed E-state index contributed by atoms with van der Waals surface area (Å²) < 4.78 is 2.30. The zero-order chi connectivity index (χ0) is 17.9. The average Bonchev–Trinajstić information content (AvgIpc) is 3.29. The number of aryl methyl sites for hydroxylation is 1. The summed E-state index contributed by atoms with van der Waals surface area (Å²) in [5.74, 6) is 0.793. The zero-order valence-electron chi connectivity index (χ0n) is 15.1. The number of thioether (sulfide) groups is 1. The number of hydrogen-bond acceptors (Lipinski definition) is 2. The van der Waals surface area contributed by atoms with E-state index in [-0.39, 0.29) is 5.91 Å². The Kier molecular flexibility index (Phi) is 5.02. The van der Waals surface area contributed by atoms with Gasteiger partial charge >= 0.3 is 0 Å². The molecule has 1 amide bonds. The molecule has 2 heterocycles. The van der Waals surface area contributed by atoms with Crippen LogP contribution in [0.3, 0.4) is 0 Å². The zero-order valence-corrected chi connectivity index (χ0v) is 16.0. The molecule has 0 radical (unpaired) electrons. The van der Waals surface area contributed by atoms with E-state index >= 15 is 0 Å². The molecule has 1 aliphatic heterocycles. The molecule has 2 aromatic carbocycles.